The van der Waals surface area contributed by atoms with Gasteiger partial charge in [-0.3, -0.25) is 11.3 Å². The van der Waals surface area contributed by atoms with Crippen molar-refractivity contribution in [1.29, 1.82) is 0 Å². The molecule has 0 aliphatic heterocycles. The summed E-state index contributed by atoms with van der Waals surface area (Å²) in [5, 5.41) is 4.29. The van der Waals surface area contributed by atoms with E-state index in [1.54, 1.807) is 11.3 Å². The Hall–Kier alpha value is -0.680. The second-order valence-corrected chi connectivity index (χ2v) is 6.60. The minimum Gasteiger partial charge on any atom is -0.271 e. The lowest BCUT2D eigenvalue weighted by Crippen LogP contribution is -2.44. The highest BCUT2D eigenvalue weighted by atomic mass is 79.9. The van der Waals surface area contributed by atoms with Gasteiger partial charge in [0.1, 0.15) is 0 Å². The molecule has 4 heteroatoms. The molecule has 0 aliphatic carbocycles. The molecule has 108 valence electrons. The van der Waals surface area contributed by atoms with Crippen LogP contribution in [0.5, 0.6) is 0 Å². The van der Waals surface area contributed by atoms with Gasteiger partial charge in [0.25, 0.3) is 0 Å². The van der Waals surface area contributed by atoms with Gasteiger partial charge in [0.15, 0.2) is 0 Å². The zero-order valence-electron chi connectivity index (χ0n) is 11.9. The molecule has 0 spiro atoms. The highest BCUT2D eigenvalue weighted by Gasteiger charge is 2.38. The first-order chi connectivity index (χ1) is 9.69. The molecule has 2 rings (SSSR count). The summed E-state index contributed by atoms with van der Waals surface area (Å²) in [7, 11) is 0. The molecule has 3 N–H and O–H groups in total. The van der Waals surface area contributed by atoms with Crippen molar-refractivity contribution in [3.63, 3.8) is 0 Å². The molecule has 1 unspecified atom stereocenters. The Balaban J connectivity index is 2.54. The third-order valence-corrected chi connectivity index (χ3v) is 6.03. The smallest absolute Gasteiger partial charge is 0.0575 e. The van der Waals surface area contributed by atoms with Crippen LogP contribution >= 0.6 is 27.3 Å². The Labute approximate surface area is 133 Å². The van der Waals surface area contributed by atoms with Crippen LogP contribution in [0.25, 0.3) is 0 Å². The summed E-state index contributed by atoms with van der Waals surface area (Å²) in [6.07, 6.45) is 2.06. The number of nitrogens with one attached hydrogen (secondary N) is 1. The van der Waals surface area contributed by atoms with E-state index in [0.717, 1.165) is 17.3 Å². The molecular weight excluding hydrogens is 332 g/mol. The van der Waals surface area contributed by atoms with E-state index in [1.807, 2.05) is 0 Å². The maximum Gasteiger partial charge on any atom is 0.0575 e. The van der Waals surface area contributed by atoms with Gasteiger partial charge < -0.3 is 0 Å². The molecule has 2 nitrogen and oxygen atoms in total. The molecule has 0 amide bonds. The second kappa shape index (κ2) is 6.85. The van der Waals surface area contributed by atoms with Gasteiger partial charge in [-0.25, -0.2) is 0 Å². The first-order valence-corrected chi connectivity index (χ1v) is 8.66. The fraction of sp³-hybridized carbons (Fsp3) is 0.375. The van der Waals surface area contributed by atoms with Crippen molar-refractivity contribution < 1.29 is 0 Å². The lowest BCUT2D eigenvalue weighted by molar-refractivity contribution is 0.276. The van der Waals surface area contributed by atoms with Crippen LogP contribution in [-0.2, 0) is 5.41 Å². The first-order valence-electron chi connectivity index (χ1n) is 6.92. The van der Waals surface area contributed by atoms with E-state index in [2.05, 4.69) is 76.3 Å². The van der Waals surface area contributed by atoms with E-state index in [-0.39, 0.29) is 11.5 Å². The van der Waals surface area contributed by atoms with Crippen LogP contribution < -0.4 is 11.3 Å². The second-order valence-electron chi connectivity index (χ2n) is 5.00. The standard InChI is InChI=1S/C16H21BrN2S/c1-3-16(4-2,12-8-6-5-7-9-12)15(19-18)13-10-20-11-14(13)17/h5-11,15,19H,3-4,18H2,1-2H3. The molecule has 2 aromatic rings. The van der Waals surface area contributed by atoms with Gasteiger partial charge in [-0.2, -0.15) is 11.3 Å². The lowest BCUT2D eigenvalue weighted by atomic mass is 9.68. The molecule has 1 aromatic carbocycles. The van der Waals surface area contributed by atoms with Gasteiger partial charge >= 0.3 is 0 Å². The molecule has 0 aliphatic rings. The fourth-order valence-electron chi connectivity index (χ4n) is 3.05. The quantitative estimate of drug-likeness (QED) is 0.580. The number of benzene rings is 1. The van der Waals surface area contributed by atoms with Crippen molar-refractivity contribution in [2.45, 2.75) is 38.1 Å². The van der Waals surface area contributed by atoms with Crippen LogP contribution in [0.1, 0.15) is 43.9 Å². The van der Waals surface area contributed by atoms with Gasteiger partial charge in [0.2, 0.25) is 0 Å². The van der Waals surface area contributed by atoms with Crippen molar-refractivity contribution in [1.82, 2.24) is 5.43 Å². The highest BCUT2D eigenvalue weighted by Crippen LogP contribution is 2.45. The van der Waals surface area contributed by atoms with Gasteiger partial charge in [-0.15, -0.1) is 0 Å². The van der Waals surface area contributed by atoms with E-state index < -0.39 is 0 Å². The van der Waals surface area contributed by atoms with Gasteiger partial charge in [-0.05, 0) is 45.3 Å². The van der Waals surface area contributed by atoms with Crippen LogP contribution in [0.2, 0.25) is 0 Å². The van der Waals surface area contributed by atoms with Gasteiger partial charge in [-0.1, -0.05) is 44.2 Å². The zero-order valence-corrected chi connectivity index (χ0v) is 14.3. The summed E-state index contributed by atoms with van der Waals surface area (Å²) in [6, 6.07) is 10.8. The minimum absolute atomic E-state index is 0.000394. The fourth-order valence-corrected chi connectivity index (χ4v) is 4.60. The normalized spacial score (nSPS) is 13.4. The van der Waals surface area contributed by atoms with Crippen LogP contribution in [-0.4, -0.2) is 0 Å². The van der Waals surface area contributed by atoms with Gasteiger partial charge in [0, 0.05) is 15.3 Å². The van der Waals surface area contributed by atoms with Crippen LogP contribution in [0.4, 0.5) is 0 Å². The third kappa shape index (κ3) is 2.70. The Morgan fingerprint density at radius 3 is 2.30 bits per heavy atom. The molecule has 1 aromatic heterocycles. The van der Waals surface area contributed by atoms with Crippen molar-refractivity contribution in [3.05, 3.63) is 56.7 Å². The number of halogens is 1. The average Bonchev–Trinajstić information content (AvgIpc) is 2.91. The van der Waals surface area contributed by atoms with Crippen LogP contribution in [0.15, 0.2) is 45.6 Å². The zero-order chi connectivity index (χ0) is 14.6. The Morgan fingerprint density at radius 1 is 1.20 bits per heavy atom. The summed E-state index contributed by atoms with van der Waals surface area (Å²) >= 11 is 5.35. The molecule has 20 heavy (non-hydrogen) atoms. The van der Waals surface area contributed by atoms with Crippen LogP contribution in [0.3, 0.4) is 0 Å². The number of nitrogens with two attached hydrogens (primary N) is 1. The molecule has 1 heterocycles. The number of thiophene rings is 1. The molecule has 0 radical (unpaired) electrons. The molecule has 0 saturated carbocycles. The van der Waals surface area contributed by atoms with Crippen molar-refractivity contribution in [2.24, 2.45) is 5.84 Å². The van der Waals surface area contributed by atoms with Crippen molar-refractivity contribution in [3.8, 4) is 0 Å². The number of rotatable bonds is 6. The molecular formula is C16H21BrN2S. The molecule has 1 atom stereocenters. The Morgan fingerprint density at radius 2 is 1.85 bits per heavy atom. The largest absolute Gasteiger partial charge is 0.271 e. The predicted octanol–water partition coefficient (Wildman–Crippen LogP) is 4.77. The number of hydrogen-bond donors (Lipinski definition) is 2. The minimum atomic E-state index is -0.000394. The lowest BCUT2D eigenvalue weighted by Gasteiger charge is -2.40. The van der Waals surface area contributed by atoms with E-state index in [1.165, 1.54) is 11.1 Å². The maximum atomic E-state index is 5.94. The number of hydrazine groups is 1. The third-order valence-electron chi connectivity index (χ3n) is 4.28. The summed E-state index contributed by atoms with van der Waals surface area (Å²) in [4.78, 5) is 0. The van der Waals surface area contributed by atoms with E-state index in [4.69, 9.17) is 5.84 Å². The summed E-state index contributed by atoms with van der Waals surface area (Å²) < 4.78 is 1.13. The summed E-state index contributed by atoms with van der Waals surface area (Å²) in [5.41, 5.74) is 5.64. The monoisotopic (exact) mass is 352 g/mol. The van der Waals surface area contributed by atoms with E-state index in [9.17, 15) is 0 Å². The highest BCUT2D eigenvalue weighted by molar-refractivity contribution is 9.10. The topological polar surface area (TPSA) is 38.0 Å². The van der Waals surface area contributed by atoms with Crippen molar-refractivity contribution >= 4 is 27.3 Å². The summed E-state index contributed by atoms with van der Waals surface area (Å²) in [6.45, 7) is 4.47. The average molecular weight is 353 g/mol. The predicted molar refractivity (Wildman–Crippen MR) is 90.8 cm³/mol. The Bertz CT molecular complexity index is 534. The Kier molecular flexibility index (Phi) is 5.38. The molecule has 0 saturated heterocycles. The number of hydrogen-bond acceptors (Lipinski definition) is 3. The van der Waals surface area contributed by atoms with Gasteiger partial charge in [0.05, 0.1) is 6.04 Å². The van der Waals surface area contributed by atoms with Crippen molar-refractivity contribution in [2.75, 3.05) is 0 Å². The van der Waals surface area contributed by atoms with Crippen LogP contribution in [0, 0.1) is 0 Å². The first kappa shape index (κ1) is 15.7. The van der Waals surface area contributed by atoms with E-state index >= 15 is 0 Å². The van der Waals surface area contributed by atoms with E-state index in [0.29, 0.717) is 0 Å². The SMILES string of the molecule is CCC(CC)(c1ccccc1)C(NN)c1cscc1Br. The molecule has 0 bridgehead atoms. The molecule has 0 fully saturated rings. The summed E-state index contributed by atoms with van der Waals surface area (Å²) in [5.74, 6) is 5.94. The maximum absolute atomic E-state index is 5.94.